The van der Waals surface area contributed by atoms with Crippen LogP contribution in [0.25, 0.3) is 11.5 Å². The second-order valence-corrected chi connectivity index (χ2v) is 4.30. The molecular weight excluding hydrogens is 244 g/mol. The molecule has 2 aromatic heterocycles. The number of anilines is 1. The molecule has 7 nitrogen and oxygen atoms in total. The molecule has 0 aliphatic carbocycles. The number of ether oxygens (including phenoxy) is 1. The van der Waals surface area contributed by atoms with Gasteiger partial charge in [0.1, 0.15) is 11.5 Å². The summed E-state index contributed by atoms with van der Waals surface area (Å²) in [6.45, 7) is 3.99. The summed E-state index contributed by atoms with van der Waals surface area (Å²) in [5, 5.41) is 4.24. The molecule has 0 atom stereocenters. The Kier molecular flexibility index (Phi) is 3.14. The van der Waals surface area contributed by atoms with Crippen LogP contribution in [0.15, 0.2) is 12.3 Å². The first kappa shape index (κ1) is 12.1. The number of fused-ring (bicyclic) bond motifs is 1. The number of hydrogen-bond acceptors (Lipinski definition) is 6. The lowest BCUT2D eigenvalue weighted by atomic mass is 10.1. The molecule has 1 aliphatic heterocycles. The van der Waals surface area contributed by atoms with E-state index in [1.54, 1.807) is 6.20 Å². The molecule has 0 saturated carbocycles. The van der Waals surface area contributed by atoms with Crippen LogP contribution in [0.3, 0.4) is 0 Å². The lowest BCUT2D eigenvalue weighted by molar-refractivity contribution is 0.109. The summed E-state index contributed by atoms with van der Waals surface area (Å²) in [7, 11) is 0. The van der Waals surface area contributed by atoms with Crippen LogP contribution in [-0.4, -0.2) is 26.4 Å². The zero-order valence-corrected chi connectivity index (χ0v) is 10.8. The molecule has 0 saturated heterocycles. The topological polar surface area (TPSA) is 90.9 Å². The first-order valence-corrected chi connectivity index (χ1v) is 6.29. The standard InChI is InChI=1S/C12H16N6O/c1-2-18-10(3-5-14-18)12-15-9-4-6-19-7-8(9)11(16-12)17-13/h3,5H,2,4,6-7,13H2,1H3,(H,15,16,17). The van der Waals surface area contributed by atoms with E-state index < -0.39 is 0 Å². The Labute approximate surface area is 110 Å². The number of nitrogens with one attached hydrogen (secondary N) is 1. The van der Waals surface area contributed by atoms with Gasteiger partial charge in [-0.2, -0.15) is 5.10 Å². The number of aryl methyl sites for hydroxylation is 1. The minimum absolute atomic E-state index is 0.502. The van der Waals surface area contributed by atoms with Crippen LogP contribution in [0, 0.1) is 0 Å². The van der Waals surface area contributed by atoms with E-state index in [0.717, 1.165) is 29.9 Å². The van der Waals surface area contributed by atoms with E-state index in [2.05, 4.69) is 20.5 Å². The molecule has 3 rings (SSSR count). The third-order valence-electron chi connectivity index (χ3n) is 3.20. The zero-order valence-electron chi connectivity index (χ0n) is 10.8. The van der Waals surface area contributed by atoms with Crippen molar-refractivity contribution >= 4 is 5.82 Å². The predicted molar refractivity (Wildman–Crippen MR) is 70.1 cm³/mol. The molecule has 0 bridgehead atoms. The zero-order chi connectivity index (χ0) is 13.2. The quantitative estimate of drug-likeness (QED) is 0.624. The van der Waals surface area contributed by atoms with Gasteiger partial charge in [0.05, 0.1) is 18.9 Å². The first-order valence-electron chi connectivity index (χ1n) is 6.29. The smallest absolute Gasteiger partial charge is 0.180 e. The van der Waals surface area contributed by atoms with Gasteiger partial charge in [0.15, 0.2) is 5.82 Å². The maximum Gasteiger partial charge on any atom is 0.180 e. The minimum Gasteiger partial charge on any atom is -0.376 e. The van der Waals surface area contributed by atoms with Gasteiger partial charge in [0.25, 0.3) is 0 Å². The lowest BCUT2D eigenvalue weighted by Crippen LogP contribution is -2.20. The highest BCUT2D eigenvalue weighted by molar-refractivity contribution is 5.56. The van der Waals surface area contributed by atoms with Crippen molar-refractivity contribution in [2.24, 2.45) is 5.84 Å². The molecule has 0 amide bonds. The van der Waals surface area contributed by atoms with E-state index in [4.69, 9.17) is 10.6 Å². The number of hydrazine groups is 1. The predicted octanol–water partition coefficient (Wildman–Crippen LogP) is 0.718. The number of rotatable bonds is 3. The van der Waals surface area contributed by atoms with Crippen molar-refractivity contribution in [3.63, 3.8) is 0 Å². The van der Waals surface area contributed by atoms with E-state index in [0.29, 0.717) is 24.9 Å². The van der Waals surface area contributed by atoms with Crippen molar-refractivity contribution in [3.8, 4) is 11.5 Å². The fourth-order valence-corrected chi connectivity index (χ4v) is 2.24. The highest BCUT2D eigenvalue weighted by atomic mass is 16.5. The van der Waals surface area contributed by atoms with Gasteiger partial charge in [-0.15, -0.1) is 0 Å². The van der Waals surface area contributed by atoms with Crippen LogP contribution in [-0.2, 0) is 24.3 Å². The summed E-state index contributed by atoms with van der Waals surface area (Å²) in [6.07, 6.45) is 2.53. The maximum absolute atomic E-state index is 5.55. The molecule has 0 fully saturated rings. The van der Waals surface area contributed by atoms with Gasteiger partial charge in [-0.3, -0.25) is 4.68 Å². The normalized spacial score (nSPS) is 14.2. The van der Waals surface area contributed by atoms with Crippen LogP contribution in [0.4, 0.5) is 5.82 Å². The van der Waals surface area contributed by atoms with Crippen LogP contribution < -0.4 is 11.3 Å². The summed E-state index contributed by atoms with van der Waals surface area (Å²) < 4.78 is 7.28. The Morgan fingerprint density at radius 2 is 2.37 bits per heavy atom. The highest BCUT2D eigenvalue weighted by Gasteiger charge is 2.19. The average Bonchev–Trinajstić information content (AvgIpc) is 2.94. The van der Waals surface area contributed by atoms with Gasteiger partial charge in [-0.05, 0) is 13.0 Å². The van der Waals surface area contributed by atoms with E-state index in [-0.39, 0.29) is 0 Å². The summed E-state index contributed by atoms with van der Waals surface area (Å²) in [5.74, 6) is 6.82. The molecule has 19 heavy (non-hydrogen) atoms. The minimum atomic E-state index is 0.502. The van der Waals surface area contributed by atoms with Gasteiger partial charge in [0, 0.05) is 24.7 Å². The Balaban J connectivity index is 2.12. The van der Waals surface area contributed by atoms with Crippen LogP contribution in [0.2, 0.25) is 0 Å². The first-order chi connectivity index (χ1) is 9.33. The number of aromatic nitrogens is 4. The van der Waals surface area contributed by atoms with Gasteiger partial charge in [-0.1, -0.05) is 0 Å². The number of nitrogens with zero attached hydrogens (tertiary/aromatic N) is 4. The molecule has 0 aromatic carbocycles. The molecule has 3 N–H and O–H groups in total. The molecule has 7 heteroatoms. The number of nitrogens with two attached hydrogens (primary N) is 1. The largest absolute Gasteiger partial charge is 0.376 e. The van der Waals surface area contributed by atoms with Crippen molar-refractivity contribution in [2.75, 3.05) is 12.0 Å². The number of nitrogen functional groups attached to an aromatic ring is 1. The molecule has 1 aliphatic rings. The van der Waals surface area contributed by atoms with Crippen molar-refractivity contribution < 1.29 is 4.74 Å². The summed E-state index contributed by atoms with van der Waals surface area (Å²) in [4.78, 5) is 9.09. The van der Waals surface area contributed by atoms with Gasteiger partial charge >= 0.3 is 0 Å². The molecule has 2 aromatic rings. The van der Waals surface area contributed by atoms with Crippen LogP contribution in [0.1, 0.15) is 18.2 Å². The molecule has 3 heterocycles. The average molecular weight is 260 g/mol. The Morgan fingerprint density at radius 1 is 1.47 bits per heavy atom. The molecule has 0 spiro atoms. The SMILES string of the molecule is CCn1nccc1-c1nc2c(c(NN)n1)COCC2. The van der Waals surface area contributed by atoms with Gasteiger partial charge < -0.3 is 10.2 Å². The lowest BCUT2D eigenvalue weighted by Gasteiger charge is -2.19. The fraction of sp³-hybridized carbons (Fsp3) is 0.417. The second kappa shape index (κ2) is 4.94. The maximum atomic E-state index is 5.55. The van der Waals surface area contributed by atoms with E-state index in [1.165, 1.54) is 0 Å². The Bertz CT molecular complexity index is 577. The second-order valence-electron chi connectivity index (χ2n) is 4.30. The highest BCUT2D eigenvalue weighted by Crippen LogP contribution is 2.25. The van der Waals surface area contributed by atoms with Crippen molar-refractivity contribution in [1.29, 1.82) is 0 Å². The third-order valence-corrected chi connectivity index (χ3v) is 3.20. The van der Waals surface area contributed by atoms with Crippen LogP contribution in [0.5, 0.6) is 0 Å². The van der Waals surface area contributed by atoms with Crippen molar-refractivity contribution in [2.45, 2.75) is 26.5 Å². The molecule has 0 radical (unpaired) electrons. The van der Waals surface area contributed by atoms with Crippen molar-refractivity contribution in [1.82, 2.24) is 19.7 Å². The van der Waals surface area contributed by atoms with Crippen molar-refractivity contribution in [3.05, 3.63) is 23.5 Å². The van der Waals surface area contributed by atoms with E-state index >= 15 is 0 Å². The third kappa shape index (κ3) is 2.06. The fourth-order valence-electron chi connectivity index (χ4n) is 2.24. The van der Waals surface area contributed by atoms with Gasteiger partial charge in [-0.25, -0.2) is 15.8 Å². The van der Waals surface area contributed by atoms with E-state index in [9.17, 15) is 0 Å². The molecule has 0 unspecified atom stereocenters. The summed E-state index contributed by atoms with van der Waals surface area (Å²) in [6, 6.07) is 1.91. The summed E-state index contributed by atoms with van der Waals surface area (Å²) >= 11 is 0. The summed E-state index contributed by atoms with van der Waals surface area (Å²) in [5.41, 5.74) is 5.47. The molecular formula is C12H16N6O. The van der Waals surface area contributed by atoms with Gasteiger partial charge in [0.2, 0.25) is 0 Å². The van der Waals surface area contributed by atoms with Crippen LogP contribution >= 0.6 is 0 Å². The Morgan fingerprint density at radius 3 is 3.16 bits per heavy atom. The number of hydrogen-bond donors (Lipinski definition) is 2. The van der Waals surface area contributed by atoms with E-state index in [1.807, 2.05) is 17.7 Å². The Hall–Kier alpha value is -1.99. The monoisotopic (exact) mass is 260 g/mol. The molecule has 100 valence electrons.